The van der Waals surface area contributed by atoms with Gasteiger partial charge in [-0.25, -0.2) is 4.99 Å². The molecule has 1 heterocycles. The van der Waals surface area contributed by atoms with Gasteiger partial charge >= 0.3 is 0 Å². The summed E-state index contributed by atoms with van der Waals surface area (Å²) in [5.74, 6) is 1.10. The van der Waals surface area contributed by atoms with Gasteiger partial charge in [0.1, 0.15) is 16.7 Å². The van der Waals surface area contributed by atoms with E-state index >= 15 is 0 Å². The van der Waals surface area contributed by atoms with Gasteiger partial charge in [-0.2, -0.15) is 0 Å². The molecule has 1 spiro atoms. The van der Waals surface area contributed by atoms with Crippen LogP contribution in [-0.2, 0) is 16.6 Å². The maximum absolute atomic E-state index is 13.6. The Bertz CT molecular complexity index is 904. The summed E-state index contributed by atoms with van der Waals surface area (Å²) in [6.45, 7) is 2.05. The quantitative estimate of drug-likeness (QED) is 0.806. The molecule has 0 saturated heterocycles. The highest BCUT2D eigenvalue weighted by Crippen LogP contribution is 2.55. The molecule has 26 heavy (non-hydrogen) atoms. The number of fused-ring (bicyclic) bond motifs is 2. The summed E-state index contributed by atoms with van der Waals surface area (Å²) in [6.07, 6.45) is 6.38. The number of nitrogens with zero attached hydrogens (tertiary/aromatic N) is 2. The zero-order chi connectivity index (χ0) is 18.7. The van der Waals surface area contributed by atoms with Crippen molar-refractivity contribution in [2.75, 3.05) is 14.2 Å². The number of hydrogen-bond acceptors (Lipinski definition) is 4. The van der Waals surface area contributed by atoms with Gasteiger partial charge in [-0.1, -0.05) is 34.1 Å². The maximum atomic E-state index is 13.6. The molecule has 2 aliphatic carbocycles. The number of halogens is 1. The minimum absolute atomic E-state index is 0.0142. The van der Waals surface area contributed by atoms with E-state index in [9.17, 15) is 4.79 Å². The lowest BCUT2D eigenvalue weighted by molar-refractivity contribution is -0.135. The highest BCUT2D eigenvalue weighted by molar-refractivity contribution is 9.11. The van der Waals surface area contributed by atoms with Crippen LogP contribution in [0.25, 0.3) is 0 Å². The van der Waals surface area contributed by atoms with Gasteiger partial charge < -0.3 is 10.5 Å². The fraction of sp³-hybridized carbons (Fsp3) is 0.400. The predicted molar refractivity (Wildman–Crippen MR) is 106 cm³/mol. The smallest absolute Gasteiger partial charge is 0.242 e. The molecule has 5 nitrogen and oxygen atoms in total. The molecule has 6 heteroatoms. The Morgan fingerprint density at radius 3 is 2.77 bits per heavy atom. The molecule has 3 aliphatic rings. The Morgan fingerprint density at radius 1 is 1.35 bits per heavy atom. The lowest BCUT2D eigenvalue weighted by Gasteiger charge is -2.49. The molecule has 1 aliphatic heterocycles. The number of carbonyl (C=O) groups is 1. The van der Waals surface area contributed by atoms with Crippen molar-refractivity contribution < 1.29 is 9.53 Å². The molecular formula is C20H22BrN3O2. The van der Waals surface area contributed by atoms with E-state index in [0.29, 0.717) is 6.42 Å². The third-order valence-electron chi connectivity index (χ3n) is 6.17. The monoisotopic (exact) mass is 415 g/mol. The van der Waals surface area contributed by atoms with E-state index in [-0.39, 0.29) is 11.9 Å². The Kier molecular flexibility index (Phi) is 3.81. The summed E-state index contributed by atoms with van der Waals surface area (Å²) >= 11 is 3.58. The third kappa shape index (κ3) is 2.08. The number of guanidine groups is 1. The third-order valence-corrected chi connectivity index (χ3v) is 6.72. The first-order valence-electron chi connectivity index (χ1n) is 8.70. The molecule has 0 saturated carbocycles. The summed E-state index contributed by atoms with van der Waals surface area (Å²) in [6, 6.07) is 6.00. The van der Waals surface area contributed by atoms with Gasteiger partial charge in [0, 0.05) is 13.5 Å². The molecule has 1 aromatic rings. The molecule has 0 aromatic heterocycles. The van der Waals surface area contributed by atoms with E-state index in [2.05, 4.69) is 28.9 Å². The number of carbonyl (C=O) groups excluding carboxylic acids is 1. The van der Waals surface area contributed by atoms with Crippen LogP contribution in [0.15, 0.2) is 45.4 Å². The minimum Gasteiger partial charge on any atom is -0.497 e. The van der Waals surface area contributed by atoms with Crippen molar-refractivity contribution in [2.45, 2.75) is 37.1 Å². The number of rotatable bonds is 2. The van der Waals surface area contributed by atoms with Crippen molar-refractivity contribution in [2.24, 2.45) is 10.7 Å². The molecule has 136 valence electrons. The summed E-state index contributed by atoms with van der Waals surface area (Å²) in [7, 11) is 3.37. The van der Waals surface area contributed by atoms with Crippen molar-refractivity contribution in [1.82, 2.24) is 4.90 Å². The average molecular weight is 416 g/mol. The number of ether oxygens (including phenoxy) is 1. The molecule has 0 radical (unpaired) electrons. The van der Waals surface area contributed by atoms with Gasteiger partial charge in [-0.15, -0.1) is 0 Å². The summed E-state index contributed by atoms with van der Waals surface area (Å²) in [5, 5.41) is 0. The average Bonchev–Trinajstić information content (AvgIpc) is 3.23. The molecule has 0 unspecified atom stereocenters. The van der Waals surface area contributed by atoms with Gasteiger partial charge in [-0.3, -0.25) is 9.69 Å². The van der Waals surface area contributed by atoms with Crippen LogP contribution in [0.5, 0.6) is 5.75 Å². The number of amides is 1. The molecule has 4 rings (SSSR count). The first-order valence-corrected chi connectivity index (χ1v) is 9.49. The molecule has 0 bridgehead atoms. The number of methoxy groups -OCH3 is 1. The number of aryl methyl sites for hydroxylation is 1. The van der Waals surface area contributed by atoms with Gasteiger partial charge in [0.2, 0.25) is 5.91 Å². The van der Waals surface area contributed by atoms with E-state index in [0.717, 1.165) is 39.8 Å². The Balaban J connectivity index is 1.95. The number of allylic oxidation sites excluding steroid dienone is 3. The second-order valence-electron chi connectivity index (χ2n) is 7.32. The maximum Gasteiger partial charge on any atom is 0.242 e. The van der Waals surface area contributed by atoms with E-state index in [4.69, 9.17) is 15.5 Å². The zero-order valence-electron chi connectivity index (χ0n) is 15.2. The summed E-state index contributed by atoms with van der Waals surface area (Å²) in [5.41, 5.74) is 7.98. The summed E-state index contributed by atoms with van der Waals surface area (Å²) < 4.78 is 6.47. The van der Waals surface area contributed by atoms with E-state index < -0.39 is 11.0 Å². The van der Waals surface area contributed by atoms with Crippen LogP contribution in [0.1, 0.15) is 30.9 Å². The molecule has 2 atom stereocenters. The number of nitrogens with two attached hydrogens (primary N) is 1. The topological polar surface area (TPSA) is 67.9 Å². The normalized spacial score (nSPS) is 30.2. The van der Waals surface area contributed by atoms with Crippen LogP contribution in [0.2, 0.25) is 0 Å². The van der Waals surface area contributed by atoms with Crippen LogP contribution in [0, 0.1) is 0 Å². The number of likely N-dealkylation sites (N-methyl/N-ethyl adjacent to an activating group) is 1. The van der Waals surface area contributed by atoms with Crippen LogP contribution < -0.4 is 10.5 Å². The lowest BCUT2D eigenvalue weighted by atomic mass is 9.61. The Labute approximate surface area is 161 Å². The van der Waals surface area contributed by atoms with Gasteiger partial charge in [0.05, 0.1) is 7.11 Å². The number of aliphatic imine (C=N–C) groups is 1. The molecule has 2 N–H and O–H groups in total. The number of benzene rings is 1. The highest BCUT2D eigenvalue weighted by atomic mass is 79.9. The second-order valence-corrected chi connectivity index (χ2v) is 8.34. The fourth-order valence-corrected chi connectivity index (χ4v) is 5.11. The Morgan fingerprint density at radius 2 is 2.12 bits per heavy atom. The van der Waals surface area contributed by atoms with Crippen molar-refractivity contribution in [3.63, 3.8) is 0 Å². The van der Waals surface area contributed by atoms with E-state index in [1.54, 1.807) is 14.2 Å². The number of hydrogen-bond donors (Lipinski definition) is 1. The highest BCUT2D eigenvalue weighted by Gasteiger charge is 2.62. The van der Waals surface area contributed by atoms with E-state index in [1.807, 2.05) is 24.3 Å². The summed E-state index contributed by atoms with van der Waals surface area (Å²) in [4.78, 5) is 20.0. The minimum atomic E-state index is -0.747. The molecule has 1 aromatic carbocycles. The van der Waals surface area contributed by atoms with Gasteiger partial charge in [0.25, 0.3) is 0 Å². The first kappa shape index (κ1) is 17.3. The fourth-order valence-electron chi connectivity index (χ4n) is 4.67. The van der Waals surface area contributed by atoms with Crippen LogP contribution in [0.3, 0.4) is 0 Å². The van der Waals surface area contributed by atoms with Crippen LogP contribution in [0.4, 0.5) is 0 Å². The van der Waals surface area contributed by atoms with E-state index in [1.165, 1.54) is 4.90 Å². The van der Waals surface area contributed by atoms with Crippen molar-refractivity contribution in [3.8, 4) is 5.75 Å². The first-order chi connectivity index (χ1) is 12.3. The molecule has 0 fully saturated rings. The zero-order valence-corrected chi connectivity index (χ0v) is 16.8. The predicted octanol–water partition coefficient (Wildman–Crippen LogP) is 3.03. The largest absolute Gasteiger partial charge is 0.497 e. The second kappa shape index (κ2) is 5.71. The lowest BCUT2D eigenvalue weighted by Crippen LogP contribution is -2.64. The van der Waals surface area contributed by atoms with Crippen molar-refractivity contribution in [3.05, 3.63) is 51.5 Å². The van der Waals surface area contributed by atoms with Gasteiger partial charge in [0.15, 0.2) is 5.96 Å². The SMILES string of the molecule is COc1ccc2c(c1)CC[C@@]21C(=O)N(C)C(N)=N[C@]1(C)C1=CC=C(Br)C1. The van der Waals surface area contributed by atoms with Crippen molar-refractivity contribution in [1.29, 1.82) is 0 Å². The molecular weight excluding hydrogens is 394 g/mol. The molecule has 1 amide bonds. The van der Waals surface area contributed by atoms with Gasteiger partial charge in [-0.05, 0) is 53.1 Å². The van der Waals surface area contributed by atoms with Crippen LogP contribution >= 0.6 is 15.9 Å². The van der Waals surface area contributed by atoms with Crippen LogP contribution in [-0.4, -0.2) is 36.5 Å². The Hall–Kier alpha value is -2.08. The standard InChI is InChI=1S/C20H22BrN3O2/c1-19(13-4-5-14(21)11-13)20(17(25)24(2)18(22)23-19)9-8-12-10-15(26-3)6-7-16(12)20/h4-7,10H,8-9,11H2,1-3H3,(H2,22,23)/t19-,20+/m1/s1. The van der Waals surface area contributed by atoms with Crippen molar-refractivity contribution >= 4 is 27.8 Å².